The number of ether oxygens (including phenoxy) is 2. The maximum Gasteiger partial charge on any atom is 0.266 e. The number of carbonyl (C=O) groups is 1. The summed E-state index contributed by atoms with van der Waals surface area (Å²) in [6, 6.07) is 40.8. The van der Waals surface area contributed by atoms with E-state index in [2.05, 4.69) is 55.0 Å². The summed E-state index contributed by atoms with van der Waals surface area (Å²) in [5.41, 5.74) is 17.9. The number of nitrogens with one attached hydrogen (secondary N) is 2. The summed E-state index contributed by atoms with van der Waals surface area (Å²) < 4.78 is 13.3. The maximum absolute atomic E-state index is 14.8. The summed E-state index contributed by atoms with van der Waals surface area (Å²) in [7, 11) is 0. The van der Waals surface area contributed by atoms with Crippen molar-refractivity contribution in [3.63, 3.8) is 0 Å². The lowest BCUT2D eigenvalue weighted by Gasteiger charge is -2.31. The predicted octanol–water partition coefficient (Wildman–Crippen LogP) is 8.49. The Bertz CT molecular complexity index is 2040. The van der Waals surface area contributed by atoms with E-state index in [9.17, 15) is 4.79 Å². The maximum atomic E-state index is 14.8. The Labute approximate surface area is 315 Å². The first-order valence-electron chi connectivity index (χ1n) is 16.8. The minimum absolute atomic E-state index is 0.0460. The third-order valence-electron chi connectivity index (χ3n) is 8.51. The molecule has 2 atom stereocenters. The Hall–Kier alpha value is -5.10. The van der Waals surface area contributed by atoms with Crippen molar-refractivity contribution in [3.05, 3.63) is 170 Å². The smallest absolute Gasteiger partial charge is 0.266 e. The molecule has 12 heteroatoms. The van der Waals surface area contributed by atoms with Crippen LogP contribution in [0.1, 0.15) is 40.3 Å². The van der Waals surface area contributed by atoms with Crippen LogP contribution >= 0.6 is 27.7 Å². The molecule has 3 N–H and O–H groups in total. The monoisotopic (exact) mass is 776 g/mol. The van der Waals surface area contributed by atoms with Crippen molar-refractivity contribution in [3.8, 4) is 5.75 Å². The zero-order chi connectivity index (χ0) is 36.2. The number of hydrogen-bond donors (Lipinski definition) is 3. The van der Waals surface area contributed by atoms with Gasteiger partial charge in [-0.1, -0.05) is 106 Å². The van der Waals surface area contributed by atoms with Crippen molar-refractivity contribution in [1.82, 2.24) is 10.9 Å². The van der Waals surface area contributed by atoms with Crippen LogP contribution in [0.3, 0.4) is 0 Å². The highest BCUT2D eigenvalue weighted by molar-refractivity contribution is 9.10. The molecule has 0 aromatic heterocycles. The van der Waals surface area contributed by atoms with Gasteiger partial charge >= 0.3 is 0 Å². The highest BCUT2D eigenvalue weighted by Gasteiger charge is 2.53. The largest absolute Gasteiger partial charge is 0.494 e. The summed E-state index contributed by atoms with van der Waals surface area (Å²) in [4.78, 5) is 25.1. The molecule has 1 aliphatic heterocycles. The Morgan fingerprint density at radius 1 is 0.923 bits per heavy atom. The molecule has 0 aliphatic carbocycles. The fourth-order valence-electron chi connectivity index (χ4n) is 5.90. The molecule has 5 aromatic carbocycles. The van der Waals surface area contributed by atoms with E-state index < -0.39 is 11.6 Å². The van der Waals surface area contributed by atoms with Crippen LogP contribution < -0.4 is 15.6 Å². The van der Waals surface area contributed by atoms with E-state index in [0.717, 1.165) is 36.5 Å². The number of hydrazine groups is 1. The standard InChI is InChI=1S/C40H37BrN6O4S/c41-33-19-15-28(16-20-33)37-40(25-30-9-4-5-10-31(30)26-44-47-42,45-38(51-37)29-17-21-34(22-18-29)50-24-8-23-48)39(49)46-43-27-32-11-6-7-14-36(32)52-35-12-2-1-3-13-35/h1-7,9-22,37,43,48H,8,23-27H2,(H,46,49)/t37-,40-/m0/s1. The number of aliphatic imine (C=N–C) groups is 1. The molecule has 0 radical (unpaired) electrons. The van der Waals surface area contributed by atoms with Gasteiger partial charge in [0.2, 0.25) is 5.90 Å². The third kappa shape index (κ3) is 9.03. The average molecular weight is 778 g/mol. The molecule has 264 valence electrons. The highest BCUT2D eigenvalue weighted by Crippen LogP contribution is 2.43. The van der Waals surface area contributed by atoms with Crippen LogP contribution in [0, 0.1) is 0 Å². The van der Waals surface area contributed by atoms with Crippen LogP contribution in [0.5, 0.6) is 5.75 Å². The lowest BCUT2D eigenvalue weighted by atomic mass is 9.81. The number of rotatable bonds is 16. The Balaban J connectivity index is 1.36. The topological polar surface area (TPSA) is 141 Å². The van der Waals surface area contributed by atoms with Crippen molar-refractivity contribution in [2.45, 2.75) is 47.4 Å². The molecule has 0 bridgehead atoms. The zero-order valence-electron chi connectivity index (χ0n) is 28.2. The van der Waals surface area contributed by atoms with Crippen molar-refractivity contribution < 1.29 is 19.4 Å². The second-order valence-corrected chi connectivity index (χ2v) is 14.0. The molecule has 0 fully saturated rings. The van der Waals surface area contributed by atoms with E-state index in [1.807, 2.05) is 109 Å². The van der Waals surface area contributed by atoms with Gasteiger partial charge in [-0.15, -0.1) is 0 Å². The molecule has 0 unspecified atom stereocenters. The van der Waals surface area contributed by atoms with Gasteiger partial charge in [0.25, 0.3) is 5.91 Å². The van der Waals surface area contributed by atoms with Crippen LogP contribution in [-0.4, -0.2) is 35.7 Å². The van der Waals surface area contributed by atoms with Crippen molar-refractivity contribution in [2.24, 2.45) is 10.1 Å². The first-order chi connectivity index (χ1) is 25.5. The van der Waals surface area contributed by atoms with Gasteiger partial charge in [-0.3, -0.25) is 10.2 Å². The molecule has 1 aliphatic rings. The average Bonchev–Trinajstić information content (AvgIpc) is 3.56. The fraction of sp³-hybridized carbons (Fsp3) is 0.200. The molecular formula is C40H37BrN6O4S. The van der Waals surface area contributed by atoms with Crippen LogP contribution in [0.25, 0.3) is 10.4 Å². The van der Waals surface area contributed by atoms with Crippen molar-refractivity contribution in [1.29, 1.82) is 0 Å². The van der Waals surface area contributed by atoms with Gasteiger partial charge < -0.3 is 14.6 Å². The van der Waals surface area contributed by atoms with Gasteiger partial charge in [0, 0.05) is 50.7 Å². The van der Waals surface area contributed by atoms with E-state index >= 15 is 0 Å². The van der Waals surface area contributed by atoms with Crippen LogP contribution in [0.4, 0.5) is 0 Å². The summed E-state index contributed by atoms with van der Waals surface area (Å²) in [5.74, 6) is 0.569. The SMILES string of the molecule is [N-]=[N+]=NCc1ccccc1C[C@]1(C(=O)NNCc2ccccc2Sc2ccccc2)N=C(c2ccc(OCCCO)cc2)O[C@H]1c1ccc(Br)cc1. The molecular weight excluding hydrogens is 740 g/mol. The number of hydrogen-bond acceptors (Lipinski definition) is 8. The summed E-state index contributed by atoms with van der Waals surface area (Å²) >= 11 is 5.19. The van der Waals surface area contributed by atoms with E-state index in [0.29, 0.717) is 36.8 Å². The van der Waals surface area contributed by atoms with E-state index in [4.69, 9.17) is 25.1 Å². The van der Waals surface area contributed by atoms with Gasteiger partial charge in [-0.05, 0) is 82.4 Å². The Morgan fingerprint density at radius 2 is 1.62 bits per heavy atom. The quantitative estimate of drug-likeness (QED) is 0.0302. The van der Waals surface area contributed by atoms with Gasteiger partial charge in [0.15, 0.2) is 11.6 Å². The first kappa shape index (κ1) is 36.7. The molecule has 1 amide bonds. The number of aliphatic hydroxyl groups excluding tert-OH is 1. The zero-order valence-corrected chi connectivity index (χ0v) is 30.6. The molecule has 5 aromatic rings. The number of aliphatic hydroxyl groups is 1. The van der Waals surface area contributed by atoms with Gasteiger partial charge in [0.1, 0.15) is 5.75 Å². The summed E-state index contributed by atoms with van der Waals surface area (Å²) in [6.45, 7) is 0.921. The van der Waals surface area contributed by atoms with E-state index in [1.54, 1.807) is 11.8 Å². The second-order valence-electron chi connectivity index (χ2n) is 12.0. The Kier molecular flexibility index (Phi) is 12.6. The predicted molar refractivity (Wildman–Crippen MR) is 206 cm³/mol. The summed E-state index contributed by atoms with van der Waals surface area (Å²) in [6.07, 6.45) is -0.132. The third-order valence-corrected chi connectivity index (χ3v) is 10.2. The second kappa shape index (κ2) is 17.9. The molecule has 0 saturated heterocycles. The minimum atomic E-state index is -1.47. The van der Waals surface area contributed by atoms with E-state index in [-0.39, 0.29) is 25.5 Å². The number of nitrogens with zero attached hydrogens (tertiary/aromatic N) is 4. The molecule has 0 saturated carbocycles. The molecule has 0 spiro atoms. The van der Waals surface area contributed by atoms with Crippen LogP contribution in [0.15, 0.2) is 152 Å². The highest BCUT2D eigenvalue weighted by atomic mass is 79.9. The lowest BCUT2D eigenvalue weighted by Crippen LogP contribution is -2.53. The van der Waals surface area contributed by atoms with Crippen LogP contribution in [-0.2, 0) is 29.0 Å². The molecule has 1 heterocycles. The van der Waals surface area contributed by atoms with Crippen molar-refractivity contribution >= 4 is 39.5 Å². The van der Waals surface area contributed by atoms with Gasteiger partial charge in [0.05, 0.1) is 13.2 Å². The number of amides is 1. The number of halogens is 1. The molecule has 52 heavy (non-hydrogen) atoms. The summed E-state index contributed by atoms with van der Waals surface area (Å²) in [5, 5.41) is 12.9. The Morgan fingerprint density at radius 3 is 2.35 bits per heavy atom. The molecule has 6 rings (SSSR count). The number of azide groups is 1. The normalized spacial score (nSPS) is 16.3. The van der Waals surface area contributed by atoms with Crippen LogP contribution in [0.2, 0.25) is 0 Å². The number of carbonyl (C=O) groups excluding carboxylic acids is 1. The first-order valence-corrected chi connectivity index (χ1v) is 18.4. The number of benzene rings is 5. The fourth-order valence-corrected chi connectivity index (χ4v) is 7.12. The van der Waals surface area contributed by atoms with E-state index in [1.165, 1.54) is 0 Å². The molecule has 10 nitrogen and oxygen atoms in total. The lowest BCUT2D eigenvalue weighted by molar-refractivity contribution is -0.130. The van der Waals surface area contributed by atoms with Gasteiger partial charge in [-0.2, -0.15) is 0 Å². The van der Waals surface area contributed by atoms with Gasteiger partial charge in [-0.25, -0.2) is 10.4 Å². The van der Waals surface area contributed by atoms with Crippen molar-refractivity contribution in [2.75, 3.05) is 13.2 Å². The minimum Gasteiger partial charge on any atom is -0.494 e.